The Morgan fingerprint density at radius 2 is 2.12 bits per heavy atom. The molecule has 1 heterocycles. The molecule has 1 saturated heterocycles. The molecular weight excluding hydrogens is 322 g/mol. The quantitative estimate of drug-likeness (QED) is 0.852. The molecule has 1 aromatic rings. The number of hydrogen-bond donors (Lipinski definition) is 1. The number of anilines is 2. The smallest absolute Gasteiger partial charge is 0.414 e. The predicted octanol–water partition coefficient (Wildman–Crippen LogP) is 3.55. The SMILES string of the molecule is CCN(C(=O)Nc1ccc(N2CCOC2=O)c(OC)c1)[C@H](C)C(C)C. The zero-order valence-corrected chi connectivity index (χ0v) is 15.5. The van der Waals surface area contributed by atoms with Gasteiger partial charge in [-0.1, -0.05) is 13.8 Å². The first kappa shape index (κ1) is 18.9. The second kappa shape index (κ2) is 8.09. The summed E-state index contributed by atoms with van der Waals surface area (Å²) < 4.78 is 10.4. The Balaban J connectivity index is 2.17. The molecule has 0 spiro atoms. The third-order valence-electron chi connectivity index (χ3n) is 4.54. The molecule has 0 aliphatic carbocycles. The molecule has 25 heavy (non-hydrogen) atoms. The van der Waals surface area contributed by atoms with Crippen LogP contribution in [0.1, 0.15) is 27.7 Å². The third kappa shape index (κ3) is 4.15. The van der Waals surface area contributed by atoms with Crippen LogP contribution < -0.4 is 15.0 Å². The maximum Gasteiger partial charge on any atom is 0.414 e. The van der Waals surface area contributed by atoms with E-state index in [-0.39, 0.29) is 12.1 Å². The van der Waals surface area contributed by atoms with Crippen LogP contribution in [0.4, 0.5) is 21.0 Å². The van der Waals surface area contributed by atoms with Gasteiger partial charge in [0.2, 0.25) is 0 Å². The summed E-state index contributed by atoms with van der Waals surface area (Å²) >= 11 is 0. The summed E-state index contributed by atoms with van der Waals surface area (Å²) in [5.74, 6) is 0.875. The van der Waals surface area contributed by atoms with Gasteiger partial charge >= 0.3 is 12.1 Å². The van der Waals surface area contributed by atoms with Crippen molar-refractivity contribution in [3.05, 3.63) is 18.2 Å². The van der Waals surface area contributed by atoms with Crippen LogP contribution in [-0.4, -0.2) is 49.9 Å². The van der Waals surface area contributed by atoms with Crippen molar-refractivity contribution < 1.29 is 19.1 Å². The lowest BCUT2D eigenvalue weighted by molar-refractivity contribution is 0.178. The Morgan fingerprint density at radius 3 is 2.64 bits per heavy atom. The second-order valence-corrected chi connectivity index (χ2v) is 6.35. The monoisotopic (exact) mass is 349 g/mol. The molecule has 1 N–H and O–H groups in total. The minimum Gasteiger partial charge on any atom is -0.494 e. The Hall–Kier alpha value is -2.44. The molecule has 1 aliphatic rings. The lowest BCUT2D eigenvalue weighted by atomic mass is 10.1. The molecule has 0 bridgehead atoms. The summed E-state index contributed by atoms with van der Waals surface area (Å²) in [6, 6.07) is 5.20. The number of urea groups is 1. The molecular formula is C18H27N3O4. The van der Waals surface area contributed by atoms with Gasteiger partial charge in [0.1, 0.15) is 12.4 Å². The molecule has 0 saturated carbocycles. The largest absolute Gasteiger partial charge is 0.494 e. The van der Waals surface area contributed by atoms with E-state index in [1.807, 2.05) is 13.8 Å². The summed E-state index contributed by atoms with van der Waals surface area (Å²) in [7, 11) is 1.53. The number of benzene rings is 1. The van der Waals surface area contributed by atoms with Crippen LogP contribution in [0.25, 0.3) is 0 Å². The molecule has 7 nitrogen and oxygen atoms in total. The molecule has 0 unspecified atom stereocenters. The van der Waals surface area contributed by atoms with Crippen LogP contribution in [-0.2, 0) is 4.74 Å². The Bertz CT molecular complexity index is 633. The van der Waals surface area contributed by atoms with Crippen molar-refractivity contribution in [2.45, 2.75) is 33.7 Å². The van der Waals surface area contributed by atoms with Crippen molar-refractivity contribution >= 4 is 23.5 Å². The Labute approximate surface area is 148 Å². The fourth-order valence-corrected chi connectivity index (χ4v) is 2.76. The number of ether oxygens (including phenoxy) is 2. The number of cyclic esters (lactones) is 1. The van der Waals surface area contributed by atoms with E-state index in [2.05, 4.69) is 19.2 Å². The zero-order chi connectivity index (χ0) is 18.6. The van der Waals surface area contributed by atoms with E-state index >= 15 is 0 Å². The van der Waals surface area contributed by atoms with Crippen LogP contribution in [0.2, 0.25) is 0 Å². The van der Waals surface area contributed by atoms with Gasteiger partial charge in [-0.15, -0.1) is 0 Å². The van der Waals surface area contributed by atoms with Crippen LogP contribution in [0, 0.1) is 5.92 Å². The number of carbonyl (C=O) groups excluding carboxylic acids is 2. The molecule has 0 radical (unpaired) electrons. The Morgan fingerprint density at radius 1 is 1.40 bits per heavy atom. The van der Waals surface area contributed by atoms with E-state index in [0.29, 0.717) is 42.7 Å². The zero-order valence-electron chi connectivity index (χ0n) is 15.5. The lowest BCUT2D eigenvalue weighted by Crippen LogP contribution is -2.43. The van der Waals surface area contributed by atoms with Gasteiger partial charge in [0.15, 0.2) is 0 Å². The van der Waals surface area contributed by atoms with Crippen molar-refractivity contribution in [2.24, 2.45) is 5.92 Å². The van der Waals surface area contributed by atoms with Gasteiger partial charge in [-0.3, -0.25) is 4.90 Å². The highest BCUT2D eigenvalue weighted by atomic mass is 16.6. The van der Waals surface area contributed by atoms with Crippen molar-refractivity contribution in [1.29, 1.82) is 0 Å². The number of nitrogens with one attached hydrogen (secondary N) is 1. The molecule has 138 valence electrons. The van der Waals surface area contributed by atoms with E-state index in [1.54, 1.807) is 23.1 Å². The number of amides is 3. The van der Waals surface area contributed by atoms with Gasteiger partial charge in [-0.05, 0) is 31.9 Å². The normalized spacial score (nSPS) is 15.1. The van der Waals surface area contributed by atoms with E-state index < -0.39 is 6.09 Å². The van der Waals surface area contributed by atoms with Gasteiger partial charge < -0.3 is 19.7 Å². The van der Waals surface area contributed by atoms with Gasteiger partial charge in [-0.2, -0.15) is 0 Å². The molecule has 7 heteroatoms. The topological polar surface area (TPSA) is 71.1 Å². The highest BCUT2D eigenvalue weighted by molar-refractivity contribution is 5.93. The number of carbonyl (C=O) groups is 2. The van der Waals surface area contributed by atoms with E-state index in [1.165, 1.54) is 12.0 Å². The van der Waals surface area contributed by atoms with Crippen LogP contribution in [0.5, 0.6) is 5.75 Å². The van der Waals surface area contributed by atoms with E-state index in [4.69, 9.17) is 9.47 Å². The van der Waals surface area contributed by atoms with Gasteiger partial charge in [0.05, 0.1) is 19.3 Å². The van der Waals surface area contributed by atoms with Crippen LogP contribution >= 0.6 is 0 Å². The molecule has 1 fully saturated rings. The van der Waals surface area contributed by atoms with E-state index in [9.17, 15) is 9.59 Å². The van der Waals surface area contributed by atoms with Gasteiger partial charge in [0.25, 0.3) is 0 Å². The minimum atomic E-state index is -0.391. The number of nitrogens with zero attached hydrogens (tertiary/aromatic N) is 2. The van der Waals surface area contributed by atoms with Crippen molar-refractivity contribution in [3.8, 4) is 5.75 Å². The first-order chi connectivity index (χ1) is 11.9. The summed E-state index contributed by atoms with van der Waals surface area (Å²) in [5, 5.41) is 2.90. The summed E-state index contributed by atoms with van der Waals surface area (Å²) in [6.45, 7) is 9.65. The van der Waals surface area contributed by atoms with Crippen molar-refractivity contribution in [3.63, 3.8) is 0 Å². The number of hydrogen-bond acceptors (Lipinski definition) is 4. The highest BCUT2D eigenvalue weighted by Gasteiger charge is 2.27. The summed E-state index contributed by atoms with van der Waals surface area (Å²) in [4.78, 5) is 27.6. The Kier molecular flexibility index (Phi) is 6.12. The number of rotatable bonds is 6. The van der Waals surface area contributed by atoms with Gasteiger partial charge in [-0.25, -0.2) is 9.59 Å². The van der Waals surface area contributed by atoms with Crippen LogP contribution in [0.3, 0.4) is 0 Å². The predicted molar refractivity (Wildman–Crippen MR) is 97.4 cm³/mol. The third-order valence-corrected chi connectivity index (χ3v) is 4.54. The number of methoxy groups -OCH3 is 1. The lowest BCUT2D eigenvalue weighted by Gasteiger charge is -2.31. The average Bonchev–Trinajstić information content (AvgIpc) is 3.01. The van der Waals surface area contributed by atoms with Gasteiger partial charge in [0, 0.05) is 24.3 Å². The molecule has 1 aliphatic heterocycles. The maximum absolute atomic E-state index is 12.6. The molecule has 1 aromatic carbocycles. The summed E-state index contributed by atoms with van der Waals surface area (Å²) in [5.41, 5.74) is 1.25. The summed E-state index contributed by atoms with van der Waals surface area (Å²) in [6.07, 6.45) is -0.391. The fraction of sp³-hybridized carbons (Fsp3) is 0.556. The molecule has 1 atom stereocenters. The molecule has 3 amide bonds. The second-order valence-electron chi connectivity index (χ2n) is 6.35. The van der Waals surface area contributed by atoms with E-state index in [0.717, 1.165) is 0 Å². The van der Waals surface area contributed by atoms with Crippen LogP contribution in [0.15, 0.2) is 18.2 Å². The molecule has 0 aromatic heterocycles. The first-order valence-electron chi connectivity index (χ1n) is 8.59. The van der Waals surface area contributed by atoms with Crippen molar-refractivity contribution in [1.82, 2.24) is 4.90 Å². The fourth-order valence-electron chi connectivity index (χ4n) is 2.76. The average molecular weight is 349 g/mol. The first-order valence-corrected chi connectivity index (χ1v) is 8.59. The molecule has 2 rings (SSSR count). The standard InChI is InChI=1S/C18H27N3O4/c1-6-20(13(4)12(2)3)17(22)19-14-7-8-15(16(11-14)24-5)21-9-10-25-18(21)23/h7-8,11-13H,6,9-10H2,1-5H3,(H,19,22)/t13-/m1/s1. The minimum absolute atomic E-state index is 0.130. The van der Waals surface area contributed by atoms with Crippen molar-refractivity contribution in [2.75, 3.05) is 37.0 Å². The maximum atomic E-state index is 12.6. The highest BCUT2D eigenvalue weighted by Crippen LogP contribution is 2.33.